The first-order valence-corrected chi connectivity index (χ1v) is 7.39. The maximum absolute atomic E-state index is 5.39. The summed E-state index contributed by atoms with van der Waals surface area (Å²) in [5.74, 6) is 0.845. The highest BCUT2D eigenvalue weighted by atomic mass is 16.5. The van der Waals surface area contributed by atoms with Crippen LogP contribution in [0.2, 0.25) is 0 Å². The SMILES string of the molecule is CC(CNCC1CCOCC1)N1CCCCC1. The van der Waals surface area contributed by atoms with Crippen molar-refractivity contribution in [2.45, 2.75) is 45.1 Å². The summed E-state index contributed by atoms with van der Waals surface area (Å²) >= 11 is 0. The first-order valence-electron chi connectivity index (χ1n) is 7.39. The number of hydrogen-bond acceptors (Lipinski definition) is 3. The minimum atomic E-state index is 0.704. The molecule has 3 nitrogen and oxygen atoms in total. The molecule has 100 valence electrons. The average molecular weight is 240 g/mol. The van der Waals surface area contributed by atoms with E-state index in [-0.39, 0.29) is 0 Å². The van der Waals surface area contributed by atoms with Gasteiger partial charge in [0.15, 0.2) is 0 Å². The Labute approximate surface area is 106 Å². The molecule has 0 saturated carbocycles. The fraction of sp³-hybridized carbons (Fsp3) is 1.00. The van der Waals surface area contributed by atoms with Gasteiger partial charge < -0.3 is 10.1 Å². The molecule has 1 atom stereocenters. The number of likely N-dealkylation sites (tertiary alicyclic amines) is 1. The third kappa shape index (κ3) is 4.57. The minimum Gasteiger partial charge on any atom is -0.381 e. The van der Waals surface area contributed by atoms with E-state index in [0.717, 1.165) is 25.7 Å². The molecule has 0 aliphatic carbocycles. The highest BCUT2D eigenvalue weighted by Crippen LogP contribution is 2.14. The van der Waals surface area contributed by atoms with E-state index >= 15 is 0 Å². The molecule has 2 saturated heterocycles. The van der Waals surface area contributed by atoms with Gasteiger partial charge in [0.25, 0.3) is 0 Å². The van der Waals surface area contributed by atoms with Gasteiger partial charge in [0.2, 0.25) is 0 Å². The molecular formula is C14H28N2O. The molecule has 17 heavy (non-hydrogen) atoms. The lowest BCUT2D eigenvalue weighted by molar-refractivity contribution is 0.0654. The fourth-order valence-corrected chi connectivity index (χ4v) is 2.94. The Morgan fingerprint density at radius 2 is 1.88 bits per heavy atom. The predicted molar refractivity (Wildman–Crippen MR) is 71.3 cm³/mol. The second-order valence-corrected chi connectivity index (χ2v) is 5.66. The van der Waals surface area contributed by atoms with Crippen LogP contribution in [0.5, 0.6) is 0 Å². The van der Waals surface area contributed by atoms with Gasteiger partial charge in [0.05, 0.1) is 0 Å². The lowest BCUT2D eigenvalue weighted by Crippen LogP contribution is -2.44. The summed E-state index contributed by atoms with van der Waals surface area (Å²) in [6, 6.07) is 0.704. The van der Waals surface area contributed by atoms with Gasteiger partial charge in [-0.1, -0.05) is 6.42 Å². The molecule has 2 aliphatic rings. The zero-order chi connectivity index (χ0) is 11.9. The zero-order valence-corrected chi connectivity index (χ0v) is 11.3. The Hall–Kier alpha value is -0.120. The highest BCUT2D eigenvalue weighted by Gasteiger charge is 2.17. The Morgan fingerprint density at radius 3 is 2.59 bits per heavy atom. The van der Waals surface area contributed by atoms with E-state index in [1.165, 1.54) is 51.7 Å². The number of hydrogen-bond donors (Lipinski definition) is 1. The molecule has 0 bridgehead atoms. The van der Waals surface area contributed by atoms with E-state index in [9.17, 15) is 0 Å². The van der Waals surface area contributed by atoms with Crippen molar-refractivity contribution in [2.24, 2.45) is 5.92 Å². The van der Waals surface area contributed by atoms with Crippen LogP contribution < -0.4 is 5.32 Å². The number of ether oxygens (including phenoxy) is 1. The second-order valence-electron chi connectivity index (χ2n) is 5.66. The standard InChI is InChI=1S/C14H28N2O/c1-13(16-7-3-2-4-8-16)11-15-12-14-5-9-17-10-6-14/h13-15H,2-12H2,1H3. The van der Waals surface area contributed by atoms with Crippen molar-refractivity contribution in [1.82, 2.24) is 10.2 Å². The van der Waals surface area contributed by atoms with Crippen molar-refractivity contribution in [3.05, 3.63) is 0 Å². The molecule has 0 amide bonds. The molecule has 0 spiro atoms. The summed E-state index contributed by atoms with van der Waals surface area (Å²) in [6.07, 6.45) is 6.70. The summed E-state index contributed by atoms with van der Waals surface area (Å²) < 4.78 is 5.39. The fourth-order valence-electron chi connectivity index (χ4n) is 2.94. The first-order chi connectivity index (χ1) is 8.36. The molecule has 0 aromatic carbocycles. The van der Waals surface area contributed by atoms with Gasteiger partial charge in [-0.05, 0) is 58.2 Å². The van der Waals surface area contributed by atoms with Gasteiger partial charge in [-0.3, -0.25) is 4.90 Å². The summed E-state index contributed by atoms with van der Waals surface area (Å²) in [7, 11) is 0. The average Bonchev–Trinajstić information content (AvgIpc) is 2.41. The van der Waals surface area contributed by atoms with Gasteiger partial charge in [0.1, 0.15) is 0 Å². The van der Waals surface area contributed by atoms with E-state index in [1.54, 1.807) is 0 Å². The quantitative estimate of drug-likeness (QED) is 0.794. The van der Waals surface area contributed by atoms with Crippen molar-refractivity contribution < 1.29 is 4.74 Å². The molecule has 0 aromatic rings. The topological polar surface area (TPSA) is 24.5 Å². The predicted octanol–water partition coefficient (Wildman–Crippen LogP) is 1.88. The van der Waals surface area contributed by atoms with E-state index < -0.39 is 0 Å². The molecule has 0 radical (unpaired) electrons. The zero-order valence-electron chi connectivity index (χ0n) is 11.3. The normalized spacial score (nSPS) is 25.9. The van der Waals surface area contributed by atoms with E-state index in [2.05, 4.69) is 17.1 Å². The molecule has 1 N–H and O–H groups in total. The summed E-state index contributed by atoms with van der Waals surface area (Å²) in [4.78, 5) is 2.64. The van der Waals surface area contributed by atoms with Crippen LogP contribution in [0.1, 0.15) is 39.0 Å². The molecule has 2 aliphatic heterocycles. The van der Waals surface area contributed by atoms with Gasteiger partial charge in [-0.2, -0.15) is 0 Å². The highest BCUT2D eigenvalue weighted by molar-refractivity contribution is 4.74. The van der Waals surface area contributed by atoms with Crippen molar-refractivity contribution in [2.75, 3.05) is 39.4 Å². The lowest BCUT2D eigenvalue weighted by Gasteiger charge is -2.33. The van der Waals surface area contributed by atoms with Crippen LogP contribution in [0.4, 0.5) is 0 Å². The van der Waals surface area contributed by atoms with Gasteiger partial charge in [0, 0.05) is 25.8 Å². The third-order valence-electron chi connectivity index (χ3n) is 4.23. The summed E-state index contributed by atoms with van der Waals surface area (Å²) in [5.41, 5.74) is 0. The van der Waals surface area contributed by atoms with Crippen molar-refractivity contribution in [3.63, 3.8) is 0 Å². The molecule has 2 rings (SSSR count). The second kappa shape index (κ2) is 7.34. The Morgan fingerprint density at radius 1 is 1.18 bits per heavy atom. The third-order valence-corrected chi connectivity index (χ3v) is 4.23. The van der Waals surface area contributed by atoms with Crippen molar-refractivity contribution in [1.29, 1.82) is 0 Å². The Bertz CT molecular complexity index is 198. The van der Waals surface area contributed by atoms with Gasteiger partial charge in [-0.25, -0.2) is 0 Å². The van der Waals surface area contributed by atoms with Gasteiger partial charge in [-0.15, -0.1) is 0 Å². The van der Waals surface area contributed by atoms with Crippen LogP contribution in [-0.2, 0) is 4.74 Å². The Kier molecular flexibility index (Phi) is 5.75. The minimum absolute atomic E-state index is 0.704. The van der Waals surface area contributed by atoms with Crippen LogP contribution in [0.15, 0.2) is 0 Å². The van der Waals surface area contributed by atoms with Crippen LogP contribution in [0.3, 0.4) is 0 Å². The molecule has 2 fully saturated rings. The molecule has 1 unspecified atom stereocenters. The summed E-state index contributed by atoms with van der Waals surface area (Å²) in [6.45, 7) is 9.24. The number of nitrogens with zero attached hydrogens (tertiary/aromatic N) is 1. The largest absolute Gasteiger partial charge is 0.381 e. The number of rotatable bonds is 5. The van der Waals surface area contributed by atoms with Crippen molar-refractivity contribution >= 4 is 0 Å². The monoisotopic (exact) mass is 240 g/mol. The van der Waals surface area contributed by atoms with E-state index in [1.807, 2.05) is 0 Å². The molecular weight excluding hydrogens is 212 g/mol. The van der Waals surface area contributed by atoms with E-state index in [0.29, 0.717) is 6.04 Å². The Balaban J connectivity index is 1.57. The van der Waals surface area contributed by atoms with Crippen LogP contribution >= 0.6 is 0 Å². The number of nitrogens with one attached hydrogen (secondary N) is 1. The molecule has 3 heteroatoms. The van der Waals surface area contributed by atoms with Crippen molar-refractivity contribution in [3.8, 4) is 0 Å². The first kappa shape index (κ1) is 13.3. The maximum Gasteiger partial charge on any atom is 0.0469 e. The van der Waals surface area contributed by atoms with Crippen LogP contribution in [-0.4, -0.2) is 50.3 Å². The van der Waals surface area contributed by atoms with Gasteiger partial charge >= 0.3 is 0 Å². The van der Waals surface area contributed by atoms with Crippen LogP contribution in [0.25, 0.3) is 0 Å². The lowest BCUT2D eigenvalue weighted by atomic mass is 10.0. The summed E-state index contributed by atoms with van der Waals surface area (Å²) in [5, 5.41) is 3.65. The molecule has 0 aromatic heterocycles. The van der Waals surface area contributed by atoms with Crippen LogP contribution in [0, 0.1) is 5.92 Å². The molecule has 2 heterocycles. The number of piperidine rings is 1. The smallest absolute Gasteiger partial charge is 0.0469 e. The van der Waals surface area contributed by atoms with E-state index in [4.69, 9.17) is 4.74 Å². The maximum atomic E-state index is 5.39.